The average molecular weight is 250 g/mol. The fourth-order valence-corrected chi connectivity index (χ4v) is 2.07. The van der Waals surface area contributed by atoms with Crippen LogP contribution in [0.3, 0.4) is 0 Å². The van der Waals surface area contributed by atoms with E-state index in [0.717, 1.165) is 17.0 Å². The highest BCUT2D eigenvalue weighted by Gasteiger charge is 2.55. The van der Waals surface area contributed by atoms with Crippen LogP contribution in [-0.4, -0.2) is 35.8 Å². The molecule has 98 valence electrons. The first kappa shape index (κ1) is 13.1. The van der Waals surface area contributed by atoms with E-state index < -0.39 is 0 Å². The third-order valence-electron chi connectivity index (χ3n) is 3.46. The predicted molar refractivity (Wildman–Crippen MR) is 67.0 cm³/mol. The molecule has 1 fully saturated rings. The normalized spacial score (nSPS) is 22.6. The van der Waals surface area contributed by atoms with Gasteiger partial charge >= 0.3 is 5.97 Å². The van der Waals surface area contributed by atoms with Crippen LogP contribution in [0.4, 0.5) is 0 Å². The summed E-state index contributed by atoms with van der Waals surface area (Å²) in [4.78, 5) is 12.9. The van der Waals surface area contributed by atoms with Gasteiger partial charge in [-0.15, -0.1) is 0 Å². The van der Waals surface area contributed by atoms with Gasteiger partial charge in [-0.2, -0.15) is 0 Å². The average Bonchev–Trinajstić information content (AvgIpc) is 3.18. The van der Waals surface area contributed by atoms with Crippen molar-refractivity contribution < 1.29 is 19.5 Å². The van der Waals surface area contributed by atoms with E-state index in [1.165, 1.54) is 0 Å². The zero-order valence-corrected chi connectivity index (χ0v) is 10.8. The summed E-state index contributed by atoms with van der Waals surface area (Å²) in [6, 6.07) is 9.53. The number of quaternary nitrogens is 1. The molecule has 0 saturated carbocycles. The highest BCUT2D eigenvalue weighted by molar-refractivity contribution is 5.76. The van der Waals surface area contributed by atoms with Crippen molar-refractivity contribution >= 4 is 5.97 Å². The smallest absolute Gasteiger partial charge is 0.371 e. The van der Waals surface area contributed by atoms with Gasteiger partial charge in [0.1, 0.15) is 18.7 Å². The van der Waals surface area contributed by atoms with Crippen molar-refractivity contribution in [3.63, 3.8) is 0 Å². The summed E-state index contributed by atoms with van der Waals surface area (Å²) in [6.45, 7) is 5.05. The van der Waals surface area contributed by atoms with E-state index in [-0.39, 0.29) is 24.2 Å². The van der Waals surface area contributed by atoms with Gasteiger partial charge in [0.05, 0.1) is 6.61 Å². The number of rotatable bonds is 5. The molecule has 2 atom stereocenters. The monoisotopic (exact) mass is 250 g/mol. The maximum atomic E-state index is 11.8. The molecule has 1 aromatic rings. The van der Waals surface area contributed by atoms with Crippen LogP contribution in [0, 0.1) is 0 Å². The molecular weight excluding hydrogens is 230 g/mol. The van der Waals surface area contributed by atoms with Crippen molar-refractivity contribution in [1.82, 2.24) is 0 Å². The lowest BCUT2D eigenvalue weighted by Crippen LogP contribution is -3.05. The molecule has 1 unspecified atom stereocenters. The van der Waals surface area contributed by atoms with E-state index in [1.54, 1.807) is 0 Å². The fraction of sp³-hybridized carbons (Fsp3) is 0.500. The summed E-state index contributed by atoms with van der Waals surface area (Å²) in [5.74, 6) is -0.171. The Kier molecular flexibility index (Phi) is 3.68. The molecule has 1 saturated heterocycles. The first-order chi connectivity index (χ1) is 8.54. The summed E-state index contributed by atoms with van der Waals surface area (Å²) >= 11 is 0. The number of hydrogen-bond acceptors (Lipinski definition) is 3. The topological polar surface area (TPSA) is 51.0 Å². The Bertz CT molecular complexity index is 416. The number of carbonyl (C=O) groups is 1. The van der Waals surface area contributed by atoms with E-state index in [9.17, 15) is 9.90 Å². The highest BCUT2D eigenvalue weighted by atomic mass is 16.5. The molecule has 1 aliphatic rings. The first-order valence-electron chi connectivity index (χ1n) is 6.22. The molecule has 2 N–H and O–H groups in total. The minimum absolute atomic E-state index is 0.0742. The largest absolute Gasteiger partial charge is 0.456 e. The summed E-state index contributed by atoms with van der Waals surface area (Å²) in [5, 5.41) is 9.24. The number of esters is 1. The molecule has 4 nitrogen and oxygen atoms in total. The Labute approximate surface area is 107 Å². The molecule has 0 aromatic heterocycles. The summed E-state index contributed by atoms with van der Waals surface area (Å²) in [7, 11) is 0. The van der Waals surface area contributed by atoms with Gasteiger partial charge in [0, 0.05) is 0 Å². The molecule has 1 aliphatic heterocycles. The van der Waals surface area contributed by atoms with Crippen molar-refractivity contribution in [2.24, 2.45) is 0 Å². The van der Waals surface area contributed by atoms with Crippen LogP contribution in [0.1, 0.15) is 19.4 Å². The van der Waals surface area contributed by atoms with Gasteiger partial charge in [0.25, 0.3) is 0 Å². The molecule has 1 heterocycles. The molecule has 0 aliphatic carbocycles. The minimum atomic E-state index is -0.267. The summed E-state index contributed by atoms with van der Waals surface area (Å²) in [6.07, 6.45) is 0. The third-order valence-corrected chi connectivity index (χ3v) is 3.46. The second kappa shape index (κ2) is 5.08. The lowest BCUT2D eigenvalue weighted by molar-refractivity contribution is -0.829. The van der Waals surface area contributed by atoms with Crippen LogP contribution in [0.15, 0.2) is 30.3 Å². The SMILES string of the molecule is CC(C)(CO)[NH+]1C[C@@H]1C(=O)OCc1ccccc1. The van der Waals surface area contributed by atoms with E-state index in [2.05, 4.69) is 0 Å². The minimum Gasteiger partial charge on any atom is -0.456 e. The van der Waals surface area contributed by atoms with Gasteiger partial charge in [0.2, 0.25) is 6.04 Å². The standard InChI is InChI=1S/C14H19NO3/c1-14(2,10-16)15-8-12(15)13(17)18-9-11-6-4-3-5-7-11/h3-7,12,16H,8-10H2,1-2H3/p+1/t12-,15?/m1/s1. The van der Waals surface area contributed by atoms with Crippen LogP contribution in [0.2, 0.25) is 0 Å². The zero-order valence-electron chi connectivity index (χ0n) is 10.8. The van der Waals surface area contributed by atoms with Crippen molar-refractivity contribution in [2.45, 2.75) is 32.0 Å². The van der Waals surface area contributed by atoms with E-state index in [4.69, 9.17) is 4.74 Å². The second-order valence-corrected chi connectivity index (χ2v) is 5.42. The quantitative estimate of drug-likeness (QED) is 0.560. The molecular formula is C14H20NO3+. The molecule has 2 rings (SSSR count). The van der Waals surface area contributed by atoms with Crippen LogP contribution >= 0.6 is 0 Å². The predicted octanol–water partition coefficient (Wildman–Crippen LogP) is -0.232. The van der Waals surface area contributed by atoms with Crippen molar-refractivity contribution in [3.05, 3.63) is 35.9 Å². The van der Waals surface area contributed by atoms with Gasteiger partial charge < -0.3 is 14.7 Å². The Morgan fingerprint density at radius 1 is 1.44 bits per heavy atom. The number of aliphatic hydroxyl groups excluding tert-OH is 1. The lowest BCUT2D eigenvalue weighted by Gasteiger charge is -2.20. The molecule has 1 aromatic carbocycles. The Hall–Kier alpha value is -1.39. The summed E-state index contributed by atoms with van der Waals surface area (Å²) < 4.78 is 5.28. The third kappa shape index (κ3) is 2.89. The van der Waals surface area contributed by atoms with Gasteiger partial charge in [0.15, 0.2) is 0 Å². The van der Waals surface area contributed by atoms with E-state index in [0.29, 0.717) is 6.61 Å². The number of benzene rings is 1. The van der Waals surface area contributed by atoms with Crippen molar-refractivity contribution in [3.8, 4) is 0 Å². The Balaban J connectivity index is 1.81. The Morgan fingerprint density at radius 3 is 2.72 bits per heavy atom. The van der Waals surface area contributed by atoms with Gasteiger partial charge in [-0.05, 0) is 19.4 Å². The molecule has 0 amide bonds. The number of nitrogens with one attached hydrogen (secondary N) is 1. The van der Waals surface area contributed by atoms with Gasteiger partial charge in [-0.1, -0.05) is 30.3 Å². The van der Waals surface area contributed by atoms with Gasteiger partial charge in [-0.25, -0.2) is 4.79 Å². The summed E-state index contributed by atoms with van der Waals surface area (Å²) in [5.41, 5.74) is 0.727. The van der Waals surface area contributed by atoms with Crippen molar-refractivity contribution in [2.75, 3.05) is 13.2 Å². The maximum Gasteiger partial charge on any atom is 0.371 e. The van der Waals surface area contributed by atoms with Crippen molar-refractivity contribution in [1.29, 1.82) is 0 Å². The highest BCUT2D eigenvalue weighted by Crippen LogP contribution is 2.07. The number of ether oxygens (including phenoxy) is 1. The second-order valence-electron chi connectivity index (χ2n) is 5.42. The number of carbonyl (C=O) groups excluding carboxylic acids is 1. The van der Waals surface area contributed by atoms with E-state index in [1.807, 2.05) is 44.2 Å². The maximum absolute atomic E-state index is 11.8. The molecule has 4 heteroatoms. The molecule has 0 spiro atoms. The molecule has 0 bridgehead atoms. The zero-order chi connectivity index (χ0) is 13.2. The first-order valence-corrected chi connectivity index (χ1v) is 6.22. The Morgan fingerprint density at radius 2 is 2.11 bits per heavy atom. The van der Waals surface area contributed by atoms with Crippen LogP contribution in [0.5, 0.6) is 0 Å². The number of aliphatic hydroxyl groups is 1. The molecule has 0 radical (unpaired) electrons. The number of hydrogen-bond donors (Lipinski definition) is 2. The van der Waals surface area contributed by atoms with Gasteiger partial charge in [-0.3, -0.25) is 0 Å². The van der Waals surface area contributed by atoms with E-state index >= 15 is 0 Å². The van der Waals surface area contributed by atoms with Crippen LogP contribution in [-0.2, 0) is 16.1 Å². The van der Waals surface area contributed by atoms with Crippen LogP contribution < -0.4 is 4.90 Å². The fourth-order valence-electron chi connectivity index (χ4n) is 2.07. The molecule has 18 heavy (non-hydrogen) atoms. The lowest BCUT2D eigenvalue weighted by atomic mass is 10.1. The van der Waals surface area contributed by atoms with Crippen LogP contribution in [0.25, 0.3) is 0 Å².